The zero-order chi connectivity index (χ0) is 24.0. The smallest absolute Gasteiger partial charge is 0.256 e. The van der Waals surface area contributed by atoms with Crippen molar-refractivity contribution >= 4 is 27.5 Å². The molecule has 0 saturated carbocycles. The van der Waals surface area contributed by atoms with Gasteiger partial charge in [-0.15, -0.1) is 0 Å². The largest absolute Gasteiger partial charge is 0.488 e. The molecule has 1 spiro atoms. The summed E-state index contributed by atoms with van der Waals surface area (Å²) in [5.74, 6) is -0.700. The lowest BCUT2D eigenvalue weighted by Crippen LogP contribution is -2.54. The molecule has 0 aromatic heterocycles. The molecule has 0 bridgehead atoms. The first kappa shape index (κ1) is 22.5. The van der Waals surface area contributed by atoms with Gasteiger partial charge in [0.15, 0.2) is 5.54 Å². The molecule has 1 N–H and O–H groups in total. The Kier molecular flexibility index (Phi) is 5.61. The highest BCUT2D eigenvalue weighted by Gasteiger charge is 2.68. The third kappa shape index (κ3) is 3.47. The number of amides is 1. The fourth-order valence-electron chi connectivity index (χ4n) is 5.23. The number of para-hydroxylation sites is 1. The van der Waals surface area contributed by atoms with E-state index in [1.807, 2.05) is 0 Å². The SMILES string of the molecule is CN1C[C@H](c2ccc(OCc3cccc(F)c3)c(Br)c2)[C@@H]([N+](=O)[O-])[C@]12C(=O)Nc1ccccc12. The molecule has 174 valence electrons. The number of fused-ring (bicyclic) bond motifs is 2. The van der Waals surface area contributed by atoms with Gasteiger partial charge in [0, 0.05) is 22.7 Å². The number of nitro groups is 1. The molecule has 1 saturated heterocycles. The highest BCUT2D eigenvalue weighted by Crippen LogP contribution is 2.52. The molecule has 1 amide bonds. The van der Waals surface area contributed by atoms with Crippen LogP contribution in [0.5, 0.6) is 5.75 Å². The normalized spacial score (nSPS) is 23.7. The van der Waals surface area contributed by atoms with Gasteiger partial charge in [-0.1, -0.05) is 36.4 Å². The molecule has 2 aliphatic rings. The topological polar surface area (TPSA) is 84.7 Å². The van der Waals surface area contributed by atoms with E-state index in [4.69, 9.17) is 4.74 Å². The van der Waals surface area contributed by atoms with E-state index in [1.54, 1.807) is 66.5 Å². The van der Waals surface area contributed by atoms with Crippen LogP contribution in [0.4, 0.5) is 10.1 Å². The minimum Gasteiger partial charge on any atom is -0.488 e. The average Bonchev–Trinajstić information content (AvgIpc) is 3.28. The molecule has 0 aliphatic carbocycles. The van der Waals surface area contributed by atoms with Gasteiger partial charge >= 0.3 is 0 Å². The van der Waals surface area contributed by atoms with Crippen LogP contribution in [0.2, 0.25) is 0 Å². The van der Waals surface area contributed by atoms with E-state index in [9.17, 15) is 19.3 Å². The number of rotatable bonds is 5. The molecule has 3 aromatic carbocycles. The maximum Gasteiger partial charge on any atom is 0.256 e. The lowest BCUT2D eigenvalue weighted by molar-refractivity contribution is -0.534. The Balaban J connectivity index is 1.46. The van der Waals surface area contributed by atoms with Gasteiger partial charge in [-0.3, -0.25) is 19.8 Å². The van der Waals surface area contributed by atoms with E-state index < -0.39 is 17.5 Å². The second-order valence-corrected chi connectivity index (χ2v) is 9.45. The summed E-state index contributed by atoms with van der Waals surface area (Å²) >= 11 is 3.51. The van der Waals surface area contributed by atoms with Crippen LogP contribution in [0, 0.1) is 15.9 Å². The van der Waals surface area contributed by atoms with Crippen LogP contribution in [0.3, 0.4) is 0 Å². The second kappa shape index (κ2) is 8.48. The zero-order valence-corrected chi connectivity index (χ0v) is 19.8. The van der Waals surface area contributed by atoms with E-state index in [1.165, 1.54) is 12.1 Å². The number of nitrogens with zero attached hydrogens (tertiary/aromatic N) is 2. The number of hydrogen-bond acceptors (Lipinski definition) is 5. The number of hydrogen-bond donors (Lipinski definition) is 1. The Bertz CT molecular complexity index is 1300. The van der Waals surface area contributed by atoms with Gasteiger partial charge < -0.3 is 10.1 Å². The van der Waals surface area contributed by atoms with Gasteiger partial charge in [0.1, 0.15) is 18.2 Å². The van der Waals surface area contributed by atoms with Crippen LogP contribution >= 0.6 is 15.9 Å². The van der Waals surface area contributed by atoms with E-state index in [0.29, 0.717) is 33.6 Å². The molecule has 3 aromatic rings. The first-order chi connectivity index (χ1) is 16.3. The number of ether oxygens (including phenoxy) is 1. The van der Waals surface area contributed by atoms with Crippen LogP contribution in [0.1, 0.15) is 22.6 Å². The van der Waals surface area contributed by atoms with E-state index >= 15 is 0 Å². The first-order valence-electron chi connectivity index (χ1n) is 10.7. The molecule has 7 nitrogen and oxygen atoms in total. The Morgan fingerprint density at radius 3 is 2.74 bits per heavy atom. The minimum atomic E-state index is -1.39. The van der Waals surface area contributed by atoms with Crippen LogP contribution in [-0.2, 0) is 16.9 Å². The molecule has 2 heterocycles. The number of carbonyl (C=O) groups excluding carboxylic acids is 1. The summed E-state index contributed by atoms with van der Waals surface area (Å²) in [5, 5.41) is 15.3. The van der Waals surface area contributed by atoms with Gasteiger partial charge in [0.05, 0.1) is 10.4 Å². The maximum absolute atomic E-state index is 13.4. The van der Waals surface area contributed by atoms with Crippen molar-refractivity contribution in [1.29, 1.82) is 0 Å². The van der Waals surface area contributed by atoms with Crippen molar-refractivity contribution in [3.8, 4) is 5.75 Å². The van der Waals surface area contributed by atoms with Crippen molar-refractivity contribution in [2.45, 2.75) is 24.1 Å². The lowest BCUT2D eigenvalue weighted by atomic mass is 9.79. The number of anilines is 1. The third-order valence-electron chi connectivity index (χ3n) is 6.71. The van der Waals surface area contributed by atoms with Gasteiger partial charge in [0.2, 0.25) is 0 Å². The Morgan fingerprint density at radius 2 is 2.00 bits per heavy atom. The number of carbonyl (C=O) groups is 1. The summed E-state index contributed by atoms with van der Waals surface area (Å²) in [6.07, 6.45) is 0. The second-order valence-electron chi connectivity index (χ2n) is 8.59. The molecule has 34 heavy (non-hydrogen) atoms. The molecule has 2 aliphatic heterocycles. The zero-order valence-electron chi connectivity index (χ0n) is 18.2. The van der Waals surface area contributed by atoms with E-state index in [-0.39, 0.29) is 23.3 Å². The van der Waals surface area contributed by atoms with Crippen molar-refractivity contribution in [1.82, 2.24) is 4.90 Å². The van der Waals surface area contributed by atoms with Gasteiger partial charge in [-0.2, -0.15) is 0 Å². The summed E-state index contributed by atoms with van der Waals surface area (Å²) < 4.78 is 19.9. The Hall–Kier alpha value is -3.30. The summed E-state index contributed by atoms with van der Waals surface area (Å²) in [5.41, 5.74) is 1.27. The fraction of sp³-hybridized carbons (Fsp3) is 0.240. The number of halogens is 2. The number of likely N-dealkylation sites (tertiary alicyclic amines) is 1. The van der Waals surface area contributed by atoms with Gasteiger partial charge in [-0.05, 0) is 64.4 Å². The Labute approximate surface area is 203 Å². The quantitative estimate of drug-likeness (QED) is 0.385. The average molecular weight is 526 g/mol. The Morgan fingerprint density at radius 1 is 1.21 bits per heavy atom. The van der Waals surface area contributed by atoms with Crippen LogP contribution in [-0.4, -0.2) is 35.4 Å². The number of benzene rings is 3. The number of nitrogens with one attached hydrogen (secondary N) is 1. The molecular weight excluding hydrogens is 505 g/mol. The van der Waals surface area contributed by atoms with Gasteiger partial charge in [0.25, 0.3) is 11.9 Å². The summed E-state index contributed by atoms with van der Waals surface area (Å²) in [6.45, 7) is 0.517. The van der Waals surface area contributed by atoms with Crippen LogP contribution in [0.25, 0.3) is 0 Å². The van der Waals surface area contributed by atoms with E-state index in [0.717, 1.165) is 5.56 Å². The summed E-state index contributed by atoms with van der Waals surface area (Å²) in [7, 11) is 1.75. The van der Waals surface area contributed by atoms with Crippen LogP contribution in [0.15, 0.2) is 71.2 Å². The fourth-order valence-corrected chi connectivity index (χ4v) is 5.74. The first-order valence-corrected chi connectivity index (χ1v) is 11.5. The van der Waals surface area contributed by atoms with E-state index in [2.05, 4.69) is 21.2 Å². The molecule has 1 fully saturated rings. The third-order valence-corrected chi connectivity index (χ3v) is 7.33. The maximum atomic E-state index is 13.4. The van der Waals surface area contributed by atoms with Crippen molar-refractivity contribution in [3.05, 3.63) is 104 Å². The molecule has 9 heteroatoms. The van der Waals surface area contributed by atoms with Crippen molar-refractivity contribution < 1.29 is 18.8 Å². The predicted molar refractivity (Wildman–Crippen MR) is 128 cm³/mol. The van der Waals surface area contributed by atoms with Crippen molar-refractivity contribution in [2.24, 2.45) is 0 Å². The lowest BCUT2D eigenvalue weighted by Gasteiger charge is -2.30. The molecule has 0 radical (unpaired) electrons. The standard InChI is InChI=1S/C25H21BrFN3O4/c1-29-13-18(23(30(32)33)25(29)19-7-2-3-8-21(19)28-24(25)31)16-9-10-22(20(26)12-16)34-14-15-5-4-6-17(27)11-15/h2-12,18,23H,13-14H2,1H3,(H,28,31)/t18-,23-,25-/m1/s1. The molecular formula is C25H21BrFN3O4. The highest BCUT2D eigenvalue weighted by molar-refractivity contribution is 9.10. The van der Waals surface area contributed by atoms with Gasteiger partial charge in [-0.25, -0.2) is 4.39 Å². The molecule has 0 unspecified atom stereocenters. The van der Waals surface area contributed by atoms with Crippen molar-refractivity contribution in [3.63, 3.8) is 0 Å². The predicted octanol–water partition coefficient (Wildman–Crippen LogP) is 4.69. The number of likely N-dealkylation sites (N-methyl/N-ethyl adjacent to an activating group) is 1. The minimum absolute atomic E-state index is 0.180. The summed E-state index contributed by atoms with van der Waals surface area (Å²) in [6, 6.07) is 17.5. The van der Waals surface area contributed by atoms with Crippen molar-refractivity contribution in [2.75, 3.05) is 18.9 Å². The van der Waals surface area contributed by atoms with Crippen LogP contribution < -0.4 is 10.1 Å². The summed E-state index contributed by atoms with van der Waals surface area (Å²) in [4.78, 5) is 27.1. The molecule has 5 rings (SSSR count). The highest BCUT2D eigenvalue weighted by atomic mass is 79.9. The monoisotopic (exact) mass is 525 g/mol. The molecule has 3 atom stereocenters.